The van der Waals surface area contributed by atoms with Gasteiger partial charge in [-0.1, -0.05) is 77.9 Å². The maximum atomic E-state index is 12.7. The Labute approximate surface area is 163 Å². The van der Waals surface area contributed by atoms with Crippen molar-refractivity contribution in [3.8, 4) is 0 Å². The van der Waals surface area contributed by atoms with Crippen molar-refractivity contribution < 1.29 is 4.79 Å². The summed E-state index contributed by atoms with van der Waals surface area (Å²) < 4.78 is 0. The standard InChI is InChI=1S/C23H44N2O/c1-7-10-12-13-14-18-23(4,17-11-8-2)21-25(19-9-3)22(26)16-15-20-24(5)6/h9,15-16H,3,7-8,10-14,17-21H2,1-2,4-6H3/b16-15+. The van der Waals surface area contributed by atoms with Crippen LogP contribution in [0.15, 0.2) is 24.8 Å². The molecule has 0 fully saturated rings. The van der Waals surface area contributed by atoms with Crippen molar-refractivity contribution in [2.45, 2.75) is 78.6 Å². The first-order valence-electron chi connectivity index (χ1n) is 10.6. The lowest BCUT2D eigenvalue weighted by Crippen LogP contribution is -2.39. The third-order valence-electron chi connectivity index (χ3n) is 4.98. The number of hydrogen-bond donors (Lipinski definition) is 0. The topological polar surface area (TPSA) is 23.6 Å². The maximum absolute atomic E-state index is 12.7. The molecule has 0 aromatic carbocycles. The Bertz CT molecular complexity index is 403. The molecule has 0 aromatic rings. The largest absolute Gasteiger partial charge is 0.335 e. The molecule has 0 bridgehead atoms. The van der Waals surface area contributed by atoms with E-state index in [1.54, 1.807) is 6.08 Å². The van der Waals surface area contributed by atoms with Gasteiger partial charge in [-0.25, -0.2) is 0 Å². The van der Waals surface area contributed by atoms with Gasteiger partial charge in [0.15, 0.2) is 0 Å². The van der Waals surface area contributed by atoms with Crippen molar-refractivity contribution in [2.75, 3.05) is 33.7 Å². The van der Waals surface area contributed by atoms with Crippen LogP contribution in [0.3, 0.4) is 0 Å². The van der Waals surface area contributed by atoms with Crippen molar-refractivity contribution in [1.29, 1.82) is 0 Å². The molecule has 0 aromatic heterocycles. The van der Waals surface area contributed by atoms with E-state index in [0.717, 1.165) is 13.1 Å². The molecule has 1 amide bonds. The molecule has 0 radical (unpaired) electrons. The molecule has 0 spiro atoms. The summed E-state index contributed by atoms with van der Waals surface area (Å²) in [5, 5.41) is 0. The zero-order chi connectivity index (χ0) is 19.8. The third kappa shape index (κ3) is 12.3. The van der Waals surface area contributed by atoms with Gasteiger partial charge in [0.1, 0.15) is 0 Å². The summed E-state index contributed by atoms with van der Waals surface area (Å²) in [7, 11) is 4.02. The summed E-state index contributed by atoms with van der Waals surface area (Å²) in [6, 6.07) is 0. The van der Waals surface area contributed by atoms with E-state index in [9.17, 15) is 4.79 Å². The quantitative estimate of drug-likeness (QED) is 0.200. The average molecular weight is 365 g/mol. The van der Waals surface area contributed by atoms with Crippen LogP contribution in [0.1, 0.15) is 78.6 Å². The lowest BCUT2D eigenvalue weighted by Gasteiger charge is -2.35. The van der Waals surface area contributed by atoms with E-state index in [1.807, 2.05) is 31.1 Å². The van der Waals surface area contributed by atoms with Gasteiger partial charge >= 0.3 is 0 Å². The van der Waals surface area contributed by atoms with Gasteiger partial charge in [0, 0.05) is 25.7 Å². The number of carbonyl (C=O) groups excluding carboxylic acids is 1. The first-order valence-corrected chi connectivity index (χ1v) is 10.6. The first-order chi connectivity index (χ1) is 12.4. The fraction of sp³-hybridized carbons (Fsp3) is 0.783. The average Bonchev–Trinajstić information content (AvgIpc) is 2.59. The summed E-state index contributed by atoms with van der Waals surface area (Å²) in [5.74, 6) is 0.112. The Hall–Kier alpha value is -1.09. The molecular weight excluding hydrogens is 320 g/mol. The van der Waals surface area contributed by atoms with Crippen molar-refractivity contribution in [2.24, 2.45) is 5.41 Å². The van der Waals surface area contributed by atoms with Crippen molar-refractivity contribution in [3.05, 3.63) is 24.8 Å². The fourth-order valence-corrected chi connectivity index (χ4v) is 3.36. The molecule has 0 aliphatic heterocycles. The minimum absolute atomic E-state index is 0.112. The highest BCUT2D eigenvalue weighted by Crippen LogP contribution is 2.32. The summed E-state index contributed by atoms with van der Waals surface area (Å²) in [6.45, 7) is 13.0. The summed E-state index contributed by atoms with van der Waals surface area (Å²) in [6.07, 6.45) is 16.9. The fourth-order valence-electron chi connectivity index (χ4n) is 3.36. The first kappa shape index (κ1) is 24.9. The van der Waals surface area contributed by atoms with Gasteiger partial charge in [-0.3, -0.25) is 4.79 Å². The van der Waals surface area contributed by atoms with Crippen molar-refractivity contribution in [1.82, 2.24) is 9.80 Å². The Balaban J connectivity index is 4.86. The van der Waals surface area contributed by atoms with Crippen LogP contribution in [0, 0.1) is 5.41 Å². The number of unbranched alkanes of at least 4 members (excludes halogenated alkanes) is 5. The predicted octanol–water partition coefficient (Wildman–Crippen LogP) is 5.68. The number of likely N-dealkylation sites (N-methyl/N-ethyl adjacent to an activating group) is 1. The number of rotatable bonds is 16. The van der Waals surface area contributed by atoms with Crippen LogP contribution in [-0.4, -0.2) is 49.4 Å². The normalized spacial score (nSPS) is 13.9. The predicted molar refractivity (Wildman–Crippen MR) is 115 cm³/mol. The molecule has 0 aliphatic rings. The Kier molecular flexibility index (Phi) is 14.4. The van der Waals surface area contributed by atoms with E-state index in [-0.39, 0.29) is 11.3 Å². The van der Waals surface area contributed by atoms with Gasteiger partial charge in [-0.05, 0) is 32.4 Å². The lowest BCUT2D eigenvalue weighted by atomic mass is 9.79. The summed E-state index contributed by atoms with van der Waals surface area (Å²) >= 11 is 0. The van der Waals surface area contributed by atoms with Crippen LogP contribution >= 0.6 is 0 Å². The number of amides is 1. The van der Waals surface area contributed by atoms with Crippen LogP contribution in [0.4, 0.5) is 0 Å². The molecule has 0 rings (SSSR count). The van der Waals surface area contributed by atoms with Crippen LogP contribution < -0.4 is 0 Å². The molecule has 152 valence electrons. The molecule has 3 heteroatoms. The monoisotopic (exact) mass is 364 g/mol. The van der Waals surface area contributed by atoms with Gasteiger partial charge in [-0.15, -0.1) is 6.58 Å². The second-order valence-electron chi connectivity index (χ2n) is 8.25. The molecule has 0 saturated heterocycles. The second-order valence-corrected chi connectivity index (χ2v) is 8.25. The Morgan fingerprint density at radius 3 is 2.15 bits per heavy atom. The van der Waals surface area contributed by atoms with E-state index in [1.165, 1.54) is 57.8 Å². The van der Waals surface area contributed by atoms with Crippen molar-refractivity contribution >= 4 is 5.91 Å². The van der Waals surface area contributed by atoms with E-state index < -0.39 is 0 Å². The zero-order valence-corrected chi connectivity index (χ0v) is 18.2. The molecule has 26 heavy (non-hydrogen) atoms. The SMILES string of the molecule is C=CCN(CC(C)(CCCC)CCCCCCC)C(=O)/C=C/CN(C)C. The van der Waals surface area contributed by atoms with Gasteiger partial charge in [0.25, 0.3) is 0 Å². The third-order valence-corrected chi connectivity index (χ3v) is 4.98. The molecule has 0 aliphatic carbocycles. The highest BCUT2D eigenvalue weighted by molar-refractivity contribution is 5.87. The molecule has 1 atom stereocenters. The summed E-state index contributed by atoms with van der Waals surface area (Å²) in [5.41, 5.74) is 0.205. The molecule has 1 unspecified atom stereocenters. The van der Waals surface area contributed by atoms with Gasteiger partial charge in [0.05, 0.1) is 0 Å². The van der Waals surface area contributed by atoms with Gasteiger partial charge in [0.2, 0.25) is 5.91 Å². The van der Waals surface area contributed by atoms with Crippen LogP contribution in [-0.2, 0) is 4.79 Å². The Morgan fingerprint density at radius 2 is 1.58 bits per heavy atom. The molecule has 3 nitrogen and oxygen atoms in total. The van der Waals surface area contributed by atoms with Crippen LogP contribution in [0.5, 0.6) is 0 Å². The Morgan fingerprint density at radius 1 is 0.962 bits per heavy atom. The lowest BCUT2D eigenvalue weighted by molar-refractivity contribution is -0.127. The van der Waals surface area contributed by atoms with E-state index >= 15 is 0 Å². The smallest absolute Gasteiger partial charge is 0.246 e. The highest BCUT2D eigenvalue weighted by atomic mass is 16.2. The van der Waals surface area contributed by atoms with Crippen molar-refractivity contribution in [3.63, 3.8) is 0 Å². The van der Waals surface area contributed by atoms with Crippen LogP contribution in [0.25, 0.3) is 0 Å². The molecule has 0 saturated carbocycles. The minimum Gasteiger partial charge on any atom is -0.335 e. The second kappa shape index (κ2) is 15.0. The minimum atomic E-state index is 0.112. The van der Waals surface area contributed by atoms with Crippen LogP contribution in [0.2, 0.25) is 0 Å². The maximum Gasteiger partial charge on any atom is 0.246 e. The summed E-state index contributed by atoms with van der Waals surface area (Å²) in [4.78, 5) is 16.7. The van der Waals surface area contributed by atoms with E-state index in [2.05, 4.69) is 32.3 Å². The zero-order valence-electron chi connectivity index (χ0n) is 18.2. The van der Waals surface area contributed by atoms with Gasteiger partial charge < -0.3 is 9.80 Å². The number of hydrogen-bond acceptors (Lipinski definition) is 2. The van der Waals surface area contributed by atoms with E-state index in [4.69, 9.17) is 0 Å². The molecule has 0 heterocycles. The number of carbonyl (C=O) groups is 1. The van der Waals surface area contributed by atoms with Gasteiger partial charge in [-0.2, -0.15) is 0 Å². The van der Waals surface area contributed by atoms with E-state index in [0.29, 0.717) is 6.54 Å². The highest BCUT2D eigenvalue weighted by Gasteiger charge is 2.27. The number of nitrogens with zero attached hydrogens (tertiary/aromatic N) is 2. The molecule has 0 N–H and O–H groups in total. The molecular formula is C23H44N2O.